The minimum absolute atomic E-state index is 0.0150. The lowest BCUT2D eigenvalue weighted by atomic mass is 9.96. The molecule has 0 saturated carbocycles. The van der Waals surface area contributed by atoms with Crippen molar-refractivity contribution >= 4 is 11.8 Å². The number of aromatic amines is 1. The van der Waals surface area contributed by atoms with E-state index in [2.05, 4.69) is 20.5 Å². The molecular weight excluding hydrogens is 270 g/mol. The summed E-state index contributed by atoms with van der Waals surface area (Å²) in [5.41, 5.74) is -0.174. The van der Waals surface area contributed by atoms with E-state index in [1.54, 1.807) is 4.90 Å². The van der Waals surface area contributed by atoms with E-state index in [1.165, 1.54) is 6.92 Å². The third-order valence-electron chi connectivity index (χ3n) is 3.50. The van der Waals surface area contributed by atoms with Crippen molar-refractivity contribution in [1.82, 2.24) is 25.4 Å². The van der Waals surface area contributed by atoms with E-state index in [9.17, 15) is 9.59 Å². The zero-order chi connectivity index (χ0) is 15.6. The molecule has 2 heterocycles. The van der Waals surface area contributed by atoms with Gasteiger partial charge in [0.1, 0.15) is 5.82 Å². The van der Waals surface area contributed by atoms with Crippen LogP contribution in [-0.2, 0) is 10.2 Å². The van der Waals surface area contributed by atoms with Crippen LogP contribution in [-0.4, -0.2) is 51.0 Å². The van der Waals surface area contributed by atoms with Gasteiger partial charge in [-0.15, -0.1) is 5.10 Å². The van der Waals surface area contributed by atoms with Crippen LogP contribution in [0.2, 0.25) is 0 Å². The van der Waals surface area contributed by atoms with Gasteiger partial charge < -0.3 is 10.2 Å². The normalized spacial score (nSPS) is 19.4. The molecule has 1 atom stereocenters. The van der Waals surface area contributed by atoms with Crippen molar-refractivity contribution in [3.63, 3.8) is 0 Å². The third kappa shape index (κ3) is 3.80. The highest BCUT2D eigenvalue weighted by atomic mass is 16.2. The van der Waals surface area contributed by atoms with Crippen molar-refractivity contribution in [2.24, 2.45) is 0 Å². The monoisotopic (exact) mass is 293 g/mol. The fourth-order valence-corrected chi connectivity index (χ4v) is 2.40. The van der Waals surface area contributed by atoms with Gasteiger partial charge >= 0.3 is 0 Å². The molecule has 0 spiro atoms. The standard InChI is InChI=1S/C14H23N5O2/c1-9(20)15-10-6-5-7-19(8-10)12(21)11-16-13(18-17-11)14(2,3)4/h10H,5-8H2,1-4H3,(H,15,20)(H,16,17,18). The van der Waals surface area contributed by atoms with Crippen LogP contribution in [0.15, 0.2) is 0 Å². The maximum Gasteiger partial charge on any atom is 0.293 e. The second-order valence-corrected chi connectivity index (χ2v) is 6.55. The molecule has 2 amide bonds. The average Bonchev–Trinajstić information content (AvgIpc) is 2.86. The van der Waals surface area contributed by atoms with E-state index in [-0.39, 0.29) is 29.1 Å². The SMILES string of the molecule is CC(=O)NC1CCCN(C(=O)c2n[nH]c(C(C)(C)C)n2)C1. The Morgan fingerprint density at radius 3 is 2.67 bits per heavy atom. The van der Waals surface area contributed by atoms with E-state index in [1.807, 2.05) is 20.8 Å². The molecule has 1 unspecified atom stereocenters. The number of likely N-dealkylation sites (tertiary alicyclic amines) is 1. The number of amides is 2. The van der Waals surface area contributed by atoms with E-state index >= 15 is 0 Å². The molecule has 1 saturated heterocycles. The largest absolute Gasteiger partial charge is 0.352 e. The predicted octanol–water partition coefficient (Wildman–Crippen LogP) is 0.843. The Morgan fingerprint density at radius 1 is 1.38 bits per heavy atom. The molecule has 0 aromatic carbocycles. The first-order valence-electron chi connectivity index (χ1n) is 7.26. The summed E-state index contributed by atoms with van der Waals surface area (Å²) in [6.07, 6.45) is 1.76. The van der Waals surface area contributed by atoms with Gasteiger partial charge in [-0.1, -0.05) is 20.8 Å². The first kappa shape index (κ1) is 15.5. The molecule has 7 heteroatoms. The summed E-state index contributed by atoms with van der Waals surface area (Å²) in [6, 6.07) is 0.0150. The summed E-state index contributed by atoms with van der Waals surface area (Å²) in [5, 5.41) is 9.73. The molecule has 1 fully saturated rings. The molecular formula is C14H23N5O2. The maximum atomic E-state index is 12.4. The Labute approximate surface area is 124 Å². The summed E-state index contributed by atoms with van der Waals surface area (Å²) in [4.78, 5) is 29.6. The lowest BCUT2D eigenvalue weighted by Gasteiger charge is -2.32. The van der Waals surface area contributed by atoms with Crippen molar-refractivity contribution < 1.29 is 9.59 Å². The molecule has 1 aliphatic rings. The summed E-state index contributed by atoms with van der Waals surface area (Å²) >= 11 is 0. The predicted molar refractivity (Wildman–Crippen MR) is 77.8 cm³/mol. The highest BCUT2D eigenvalue weighted by molar-refractivity contribution is 5.90. The number of carbonyl (C=O) groups excluding carboxylic acids is 2. The molecule has 2 N–H and O–H groups in total. The topological polar surface area (TPSA) is 91.0 Å². The average molecular weight is 293 g/mol. The molecule has 7 nitrogen and oxygen atoms in total. The van der Waals surface area contributed by atoms with Crippen LogP contribution < -0.4 is 5.32 Å². The number of hydrogen-bond donors (Lipinski definition) is 2. The van der Waals surface area contributed by atoms with Crippen LogP contribution in [0, 0.1) is 0 Å². The smallest absolute Gasteiger partial charge is 0.293 e. The molecule has 1 aliphatic heterocycles. The van der Waals surface area contributed by atoms with Gasteiger partial charge in [0.25, 0.3) is 5.91 Å². The molecule has 0 aliphatic carbocycles. The number of nitrogens with one attached hydrogen (secondary N) is 2. The molecule has 2 rings (SSSR count). The molecule has 1 aromatic rings. The van der Waals surface area contributed by atoms with E-state index in [4.69, 9.17) is 0 Å². The van der Waals surface area contributed by atoms with Gasteiger partial charge in [-0.25, -0.2) is 4.98 Å². The summed E-state index contributed by atoms with van der Waals surface area (Å²) in [6.45, 7) is 8.71. The number of carbonyl (C=O) groups is 2. The van der Waals surface area contributed by atoms with Crippen LogP contribution in [0.25, 0.3) is 0 Å². The highest BCUT2D eigenvalue weighted by Gasteiger charge is 2.28. The fourth-order valence-electron chi connectivity index (χ4n) is 2.40. The first-order valence-corrected chi connectivity index (χ1v) is 7.26. The van der Waals surface area contributed by atoms with Crippen LogP contribution in [0.1, 0.15) is 57.0 Å². The van der Waals surface area contributed by atoms with Gasteiger partial charge in [0.2, 0.25) is 11.7 Å². The van der Waals surface area contributed by atoms with E-state index < -0.39 is 0 Å². The van der Waals surface area contributed by atoms with Gasteiger partial charge in [-0.3, -0.25) is 14.7 Å². The van der Waals surface area contributed by atoms with Crippen LogP contribution in [0.5, 0.6) is 0 Å². The Balaban J connectivity index is 2.05. The minimum atomic E-state index is -0.184. The highest BCUT2D eigenvalue weighted by Crippen LogP contribution is 2.18. The number of hydrogen-bond acceptors (Lipinski definition) is 4. The van der Waals surface area contributed by atoms with Crippen LogP contribution >= 0.6 is 0 Å². The molecule has 116 valence electrons. The maximum absolute atomic E-state index is 12.4. The molecule has 0 radical (unpaired) electrons. The second-order valence-electron chi connectivity index (χ2n) is 6.55. The quantitative estimate of drug-likeness (QED) is 0.845. The zero-order valence-corrected chi connectivity index (χ0v) is 13.1. The number of H-pyrrole nitrogens is 1. The van der Waals surface area contributed by atoms with Crippen LogP contribution in [0.4, 0.5) is 0 Å². The molecule has 1 aromatic heterocycles. The number of rotatable bonds is 2. The van der Waals surface area contributed by atoms with Crippen molar-refractivity contribution in [3.05, 3.63) is 11.6 Å². The number of nitrogens with zero attached hydrogens (tertiary/aromatic N) is 3. The summed E-state index contributed by atoms with van der Waals surface area (Å²) in [7, 11) is 0. The van der Waals surface area contributed by atoms with Gasteiger partial charge in [0.05, 0.1) is 0 Å². The Hall–Kier alpha value is -1.92. The van der Waals surface area contributed by atoms with Crippen molar-refractivity contribution in [2.75, 3.05) is 13.1 Å². The zero-order valence-electron chi connectivity index (χ0n) is 13.1. The second kappa shape index (κ2) is 5.83. The van der Waals surface area contributed by atoms with Gasteiger partial charge in [0.15, 0.2) is 0 Å². The van der Waals surface area contributed by atoms with Crippen molar-refractivity contribution in [2.45, 2.75) is 52.0 Å². The van der Waals surface area contributed by atoms with Crippen molar-refractivity contribution in [3.8, 4) is 0 Å². The van der Waals surface area contributed by atoms with Gasteiger partial charge in [0, 0.05) is 31.5 Å². The molecule has 0 bridgehead atoms. The first-order chi connectivity index (χ1) is 9.77. The molecule has 21 heavy (non-hydrogen) atoms. The summed E-state index contributed by atoms with van der Waals surface area (Å²) in [5.74, 6) is 0.642. The number of piperidine rings is 1. The lowest BCUT2D eigenvalue weighted by Crippen LogP contribution is -2.49. The van der Waals surface area contributed by atoms with Crippen LogP contribution in [0.3, 0.4) is 0 Å². The minimum Gasteiger partial charge on any atom is -0.352 e. The van der Waals surface area contributed by atoms with Gasteiger partial charge in [-0.05, 0) is 12.8 Å². The fraction of sp³-hybridized carbons (Fsp3) is 0.714. The van der Waals surface area contributed by atoms with E-state index in [0.717, 1.165) is 12.8 Å². The summed E-state index contributed by atoms with van der Waals surface area (Å²) < 4.78 is 0. The Bertz CT molecular complexity index is 532. The number of aromatic nitrogens is 3. The third-order valence-corrected chi connectivity index (χ3v) is 3.50. The van der Waals surface area contributed by atoms with Gasteiger partial charge in [-0.2, -0.15) is 0 Å². The Morgan fingerprint density at radius 2 is 2.10 bits per heavy atom. The van der Waals surface area contributed by atoms with Crippen molar-refractivity contribution in [1.29, 1.82) is 0 Å². The van der Waals surface area contributed by atoms with E-state index in [0.29, 0.717) is 18.9 Å². The Kier molecular flexibility index (Phi) is 4.29. The lowest BCUT2D eigenvalue weighted by molar-refractivity contribution is -0.120.